The van der Waals surface area contributed by atoms with E-state index >= 15 is 0 Å². The Labute approximate surface area is 91.5 Å². The van der Waals surface area contributed by atoms with E-state index in [4.69, 9.17) is 0 Å². The van der Waals surface area contributed by atoms with E-state index in [2.05, 4.69) is 0 Å². The molecule has 0 bridgehead atoms. The molecule has 0 unspecified atom stereocenters. The van der Waals surface area contributed by atoms with Crippen LogP contribution >= 0.6 is 0 Å². The summed E-state index contributed by atoms with van der Waals surface area (Å²) < 4.78 is 12.9. The number of benzene rings is 1. The first-order chi connectivity index (χ1) is 7.34. The van der Waals surface area contributed by atoms with E-state index in [1.807, 2.05) is 6.07 Å². The van der Waals surface area contributed by atoms with Gasteiger partial charge in [-0.05, 0) is 36.5 Å². The van der Waals surface area contributed by atoms with Crippen LogP contribution in [0, 0.1) is 11.7 Å². The van der Waals surface area contributed by atoms with Crippen LogP contribution < -0.4 is 0 Å². The summed E-state index contributed by atoms with van der Waals surface area (Å²) in [5, 5.41) is 0. The fraction of sp³-hybridized carbons (Fsp3) is 0.571. The van der Waals surface area contributed by atoms with Crippen molar-refractivity contribution >= 4 is 0 Å². The van der Waals surface area contributed by atoms with E-state index in [9.17, 15) is 4.39 Å². The third kappa shape index (κ3) is 3.33. The Bertz CT molecular complexity index is 300. The Morgan fingerprint density at radius 1 is 1.20 bits per heavy atom. The van der Waals surface area contributed by atoms with Crippen LogP contribution in [-0.2, 0) is 6.42 Å². The van der Waals surface area contributed by atoms with Gasteiger partial charge < -0.3 is 0 Å². The van der Waals surface area contributed by atoms with Crippen molar-refractivity contribution in [2.75, 3.05) is 0 Å². The first-order valence-electron chi connectivity index (χ1n) is 6.09. The van der Waals surface area contributed by atoms with E-state index in [0.717, 1.165) is 17.9 Å². The third-order valence-corrected chi connectivity index (χ3v) is 3.44. The molecule has 15 heavy (non-hydrogen) atoms. The van der Waals surface area contributed by atoms with E-state index in [0.29, 0.717) is 0 Å². The molecule has 0 aromatic heterocycles. The van der Waals surface area contributed by atoms with Crippen LogP contribution in [0.3, 0.4) is 0 Å². The van der Waals surface area contributed by atoms with Crippen LogP contribution in [0.5, 0.6) is 0 Å². The highest BCUT2D eigenvalue weighted by molar-refractivity contribution is 5.16. The van der Waals surface area contributed by atoms with Gasteiger partial charge in [-0.15, -0.1) is 0 Å². The van der Waals surface area contributed by atoms with Crippen LogP contribution in [0.15, 0.2) is 24.3 Å². The number of halogens is 1. The van der Waals surface area contributed by atoms with Gasteiger partial charge in [0.25, 0.3) is 0 Å². The molecule has 1 aromatic rings. The molecule has 0 radical (unpaired) electrons. The second kappa shape index (κ2) is 5.29. The number of rotatable bonds is 4. The highest BCUT2D eigenvalue weighted by Gasteiger charge is 2.13. The smallest absolute Gasteiger partial charge is 0.123 e. The van der Waals surface area contributed by atoms with Crippen molar-refractivity contribution in [3.63, 3.8) is 0 Å². The fourth-order valence-electron chi connectivity index (χ4n) is 2.59. The highest BCUT2D eigenvalue weighted by Crippen LogP contribution is 2.28. The largest absolute Gasteiger partial charge is 0.207 e. The zero-order valence-corrected chi connectivity index (χ0v) is 9.21. The maximum atomic E-state index is 12.9. The maximum Gasteiger partial charge on any atom is 0.123 e. The second-order valence-electron chi connectivity index (χ2n) is 4.67. The number of aryl methyl sites for hydroxylation is 1. The molecule has 0 N–H and O–H groups in total. The number of hydrogen-bond acceptors (Lipinski definition) is 0. The Kier molecular flexibility index (Phi) is 3.76. The minimum Gasteiger partial charge on any atom is -0.207 e. The Morgan fingerprint density at radius 2 is 2.00 bits per heavy atom. The molecule has 1 saturated carbocycles. The van der Waals surface area contributed by atoms with Crippen molar-refractivity contribution in [1.82, 2.24) is 0 Å². The summed E-state index contributed by atoms with van der Waals surface area (Å²) in [5.74, 6) is 0.854. The summed E-state index contributed by atoms with van der Waals surface area (Å²) in [6.45, 7) is 0. The summed E-state index contributed by atoms with van der Waals surface area (Å²) >= 11 is 0. The SMILES string of the molecule is Fc1cccc(CCCC2CCCC2)c1. The Morgan fingerprint density at radius 3 is 2.73 bits per heavy atom. The maximum absolute atomic E-state index is 12.9. The van der Waals surface area contributed by atoms with Gasteiger partial charge in [0.1, 0.15) is 5.82 Å². The van der Waals surface area contributed by atoms with Gasteiger partial charge >= 0.3 is 0 Å². The summed E-state index contributed by atoms with van der Waals surface area (Å²) in [6, 6.07) is 7.01. The Balaban J connectivity index is 1.73. The molecule has 0 atom stereocenters. The summed E-state index contributed by atoms with van der Waals surface area (Å²) in [7, 11) is 0. The predicted octanol–water partition coefficient (Wildman–Crippen LogP) is 4.34. The van der Waals surface area contributed by atoms with Gasteiger partial charge in [0.2, 0.25) is 0 Å². The quantitative estimate of drug-likeness (QED) is 0.687. The molecule has 1 aliphatic rings. The zero-order chi connectivity index (χ0) is 10.5. The zero-order valence-electron chi connectivity index (χ0n) is 9.21. The lowest BCUT2D eigenvalue weighted by Gasteiger charge is -2.08. The van der Waals surface area contributed by atoms with Gasteiger partial charge in [0.15, 0.2) is 0 Å². The molecule has 0 nitrogen and oxygen atoms in total. The highest BCUT2D eigenvalue weighted by atomic mass is 19.1. The molecule has 1 aliphatic carbocycles. The van der Waals surface area contributed by atoms with Crippen molar-refractivity contribution in [3.05, 3.63) is 35.6 Å². The van der Waals surface area contributed by atoms with E-state index in [-0.39, 0.29) is 5.82 Å². The molecule has 82 valence electrons. The van der Waals surface area contributed by atoms with Gasteiger partial charge in [-0.25, -0.2) is 4.39 Å². The van der Waals surface area contributed by atoms with Gasteiger partial charge in [-0.1, -0.05) is 44.2 Å². The van der Waals surface area contributed by atoms with Gasteiger partial charge in [0.05, 0.1) is 0 Å². The van der Waals surface area contributed by atoms with Crippen LogP contribution in [-0.4, -0.2) is 0 Å². The van der Waals surface area contributed by atoms with Gasteiger partial charge in [-0.3, -0.25) is 0 Å². The molecular formula is C14H19F. The van der Waals surface area contributed by atoms with Gasteiger partial charge in [-0.2, -0.15) is 0 Å². The van der Waals surface area contributed by atoms with E-state index in [1.165, 1.54) is 44.6 Å². The van der Waals surface area contributed by atoms with Crippen molar-refractivity contribution < 1.29 is 4.39 Å². The van der Waals surface area contributed by atoms with Gasteiger partial charge in [0, 0.05) is 0 Å². The Hall–Kier alpha value is -0.850. The van der Waals surface area contributed by atoms with Crippen molar-refractivity contribution in [2.24, 2.45) is 5.92 Å². The molecule has 0 saturated heterocycles. The monoisotopic (exact) mass is 206 g/mol. The van der Waals surface area contributed by atoms with Crippen LogP contribution in [0.2, 0.25) is 0 Å². The lowest BCUT2D eigenvalue weighted by Crippen LogP contribution is -1.95. The lowest BCUT2D eigenvalue weighted by atomic mass is 9.98. The second-order valence-corrected chi connectivity index (χ2v) is 4.67. The molecule has 0 spiro atoms. The average Bonchev–Trinajstić information content (AvgIpc) is 2.71. The predicted molar refractivity (Wildman–Crippen MR) is 61.3 cm³/mol. The van der Waals surface area contributed by atoms with Crippen LogP contribution in [0.25, 0.3) is 0 Å². The molecular weight excluding hydrogens is 187 g/mol. The first-order valence-corrected chi connectivity index (χ1v) is 6.09. The lowest BCUT2D eigenvalue weighted by molar-refractivity contribution is 0.483. The number of hydrogen-bond donors (Lipinski definition) is 0. The van der Waals surface area contributed by atoms with E-state index in [1.54, 1.807) is 12.1 Å². The summed E-state index contributed by atoms with van der Waals surface area (Å²) in [4.78, 5) is 0. The molecule has 1 fully saturated rings. The topological polar surface area (TPSA) is 0 Å². The third-order valence-electron chi connectivity index (χ3n) is 3.44. The average molecular weight is 206 g/mol. The van der Waals surface area contributed by atoms with Crippen LogP contribution in [0.4, 0.5) is 4.39 Å². The minimum absolute atomic E-state index is 0.103. The summed E-state index contributed by atoms with van der Waals surface area (Å²) in [6.07, 6.45) is 9.26. The van der Waals surface area contributed by atoms with Crippen molar-refractivity contribution in [1.29, 1.82) is 0 Å². The molecule has 1 heteroatoms. The summed E-state index contributed by atoms with van der Waals surface area (Å²) in [5.41, 5.74) is 1.15. The molecule has 0 amide bonds. The van der Waals surface area contributed by atoms with E-state index < -0.39 is 0 Å². The fourth-order valence-corrected chi connectivity index (χ4v) is 2.59. The van der Waals surface area contributed by atoms with Crippen molar-refractivity contribution in [2.45, 2.75) is 44.9 Å². The normalized spacial score (nSPS) is 17.1. The molecule has 0 aliphatic heterocycles. The minimum atomic E-state index is -0.103. The van der Waals surface area contributed by atoms with Crippen molar-refractivity contribution in [3.8, 4) is 0 Å². The molecule has 0 heterocycles. The molecule has 2 rings (SSSR count). The standard InChI is InChI=1S/C14H19F/c15-14-10-4-9-13(11-14)8-3-7-12-5-1-2-6-12/h4,9-12H,1-3,5-8H2. The van der Waals surface area contributed by atoms with Crippen LogP contribution in [0.1, 0.15) is 44.1 Å². The first kappa shape index (κ1) is 10.7. The molecule has 1 aromatic carbocycles.